The quantitative estimate of drug-likeness (QED) is 0.338. The fraction of sp³-hybridized carbons (Fsp3) is 0.378. The third-order valence-corrected chi connectivity index (χ3v) is 10.5. The number of aromatic nitrogens is 3. The standard InChI is InChI=1S/C37H40N6O5/c1-21-25(26-10-8-12-29(22(26)2)38-33(45)28-16-40(4)36(47)41(5)35(28)46)9-7-11-27(21)30-15-24-13-14-31(32(24)34(39-30)48-6)43-19-37(20-43)17-42(18-37)23(3)44/h7-12,15-16,31H,13-14,17-20H2,1-6H3,(H,38,45)/t31-/m0/s1. The minimum absolute atomic E-state index is 0.113. The molecular weight excluding hydrogens is 608 g/mol. The Labute approximate surface area is 278 Å². The van der Waals surface area contributed by atoms with Gasteiger partial charge in [-0.3, -0.25) is 23.9 Å². The normalized spacial score (nSPS) is 17.9. The number of likely N-dealkylation sites (tertiary alicyclic amines) is 2. The molecule has 4 heterocycles. The lowest BCUT2D eigenvalue weighted by atomic mass is 9.72. The summed E-state index contributed by atoms with van der Waals surface area (Å²) >= 11 is 0. The van der Waals surface area contributed by atoms with Gasteiger partial charge in [0.1, 0.15) is 5.56 Å². The van der Waals surface area contributed by atoms with E-state index in [1.807, 2.05) is 30.0 Å². The first-order chi connectivity index (χ1) is 22.9. The molecule has 2 aliphatic heterocycles. The van der Waals surface area contributed by atoms with Gasteiger partial charge in [-0.05, 0) is 66.6 Å². The van der Waals surface area contributed by atoms with E-state index in [4.69, 9.17) is 9.72 Å². The number of rotatable bonds is 6. The van der Waals surface area contributed by atoms with Crippen LogP contribution >= 0.6 is 0 Å². The molecule has 0 radical (unpaired) electrons. The number of anilines is 1. The van der Waals surface area contributed by atoms with Crippen LogP contribution in [0.3, 0.4) is 0 Å². The summed E-state index contributed by atoms with van der Waals surface area (Å²) in [6.45, 7) is 9.36. The van der Waals surface area contributed by atoms with Gasteiger partial charge < -0.3 is 19.5 Å². The van der Waals surface area contributed by atoms with Gasteiger partial charge in [0.15, 0.2) is 0 Å². The summed E-state index contributed by atoms with van der Waals surface area (Å²) in [4.78, 5) is 59.2. The minimum atomic E-state index is -0.648. The van der Waals surface area contributed by atoms with Crippen molar-refractivity contribution in [2.75, 3.05) is 38.6 Å². The molecule has 0 saturated carbocycles. The molecule has 7 rings (SSSR count). The predicted molar refractivity (Wildman–Crippen MR) is 183 cm³/mol. The van der Waals surface area contributed by atoms with Crippen molar-refractivity contribution in [3.63, 3.8) is 0 Å². The van der Waals surface area contributed by atoms with E-state index in [-0.39, 0.29) is 22.9 Å². The predicted octanol–water partition coefficient (Wildman–Crippen LogP) is 3.84. The van der Waals surface area contributed by atoms with Crippen LogP contribution in [0.5, 0.6) is 5.88 Å². The molecule has 2 amide bonds. The fourth-order valence-corrected chi connectivity index (χ4v) is 7.88. The van der Waals surface area contributed by atoms with Crippen LogP contribution in [-0.4, -0.2) is 69.0 Å². The highest BCUT2D eigenvalue weighted by Crippen LogP contribution is 2.50. The number of nitrogens with zero attached hydrogens (tertiary/aromatic N) is 5. The van der Waals surface area contributed by atoms with Crippen LogP contribution in [0.2, 0.25) is 0 Å². The first-order valence-electron chi connectivity index (χ1n) is 16.3. The number of hydrogen-bond acceptors (Lipinski definition) is 7. The summed E-state index contributed by atoms with van der Waals surface area (Å²) in [6, 6.07) is 14.3. The Morgan fingerprint density at radius 3 is 2.31 bits per heavy atom. The molecule has 2 fully saturated rings. The van der Waals surface area contributed by atoms with Gasteiger partial charge >= 0.3 is 5.69 Å². The summed E-state index contributed by atoms with van der Waals surface area (Å²) < 4.78 is 8.07. The minimum Gasteiger partial charge on any atom is -0.481 e. The van der Waals surface area contributed by atoms with Crippen molar-refractivity contribution in [1.82, 2.24) is 23.9 Å². The highest BCUT2D eigenvalue weighted by atomic mass is 16.5. The maximum atomic E-state index is 13.2. The first kappa shape index (κ1) is 31.6. The number of amides is 2. The number of aryl methyl sites for hydroxylation is 2. The van der Waals surface area contributed by atoms with Gasteiger partial charge in [-0.15, -0.1) is 0 Å². The van der Waals surface area contributed by atoms with E-state index in [0.29, 0.717) is 11.6 Å². The van der Waals surface area contributed by atoms with Gasteiger partial charge in [-0.2, -0.15) is 0 Å². The summed E-state index contributed by atoms with van der Waals surface area (Å²) in [6.07, 6.45) is 3.24. The van der Waals surface area contributed by atoms with Crippen LogP contribution in [0.1, 0.15) is 52.0 Å². The van der Waals surface area contributed by atoms with Crippen LogP contribution in [0, 0.1) is 19.3 Å². The molecule has 1 N–H and O–H groups in total. The van der Waals surface area contributed by atoms with Crippen LogP contribution in [-0.2, 0) is 25.3 Å². The number of pyridine rings is 1. The summed E-state index contributed by atoms with van der Waals surface area (Å²) in [5, 5.41) is 2.88. The van der Waals surface area contributed by atoms with Gasteiger partial charge in [0, 0.05) is 81.7 Å². The zero-order valence-corrected chi connectivity index (χ0v) is 28.2. The molecule has 0 unspecified atom stereocenters. The highest BCUT2D eigenvalue weighted by molar-refractivity contribution is 6.04. The topological polar surface area (TPSA) is 119 Å². The lowest BCUT2D eigenvalue weighted by molar-refractivity contribution is -0.161. The Hall–Kier alpha value is -5.03. The van der Waals surface area contributed by atoms with Crippen molar-refractivity contribution in [3.05, 3.63) is 97.3 Å². The lowest BCUT2D eigenvalue weighted by Gasteiger charge is -2.61. The number of carbonyl (C=O) groups excluding carboxylic acids is 2. The lowest BCUT2D eigenvalue weighted by Crippen LogP contribution is -2.72. The molecule has 2 aromatic heterocycles. The Balaban J connectivity index is 1.16. The number of benzene rings is 2. The SMILES string of the molecule is COc1nc(-c2cccc(-c3cccc(NC(=O)c4cn(C)c(=O)n(C)c4=O)c3C)c2C)cc2c1[C@@H](N1CC3(CN(C(C)=O)C3)C1)CC2. The van der Waals surface area contributed by atoms with E-state index < -0.39 is 17.2 Å². The van der Waals surface area contributed by atoms with Crippen molar-refractivity contribution < 1.29 is 14.3 Å². The second-order valence-electron chi connectivity index (χ2n) is 13.6. The van der Waals surface area contributed by atoms with Gasteiger partial charge in [-0.1, -0.05) is 30.3 Å². The van der Waals surface area contributed by atoms with E-state index in [2.05, 4.69) is 35.3 Å². The molecule has 11 heteroatoms. The average molecular weight is 649 g/mol. The second kappa shape index (κ2) is 11.6. The van der Waals surface area contributed by atoms with Crippen molar-refractivity contribution in [2.45, 2.75) is 39.7 Å². The molecule has 0 bridgehead atoms. The molecule has 1 aliphatic carbocycles. The van der Waals surface area contributed by atoms with Crippen molar-refractivity contribution in [1.29, 1.82) is 0 Å². The third-order valence-electron chi connectivity index (χ3n) is 10.5. The number of hydrogen-bond donors (Lipinski definition) is 1. The van der Waals surface area contributed by atoms with Crippen molar-refractivity contribution in [3.8, 4) is 28.3 Å². The molecule has 1 atom stereocenters. The van der Waals surface area contributed by atoms with E-state index in [1.54, 1.807) is 20.1 Å². The summed E-state index contributed by atoms with van der Waals surface area (Å²) in [5.41, 5.74) is 7.69. The smallest absolute Gasteiger partial charge is 0.330 e. The average Bonchev–Trinajstić information content (AvgIpc) is 3.45. The number of nitrogens with one attached hydrogen (secondary N) is 1. The number of methoxy groups -OCH3 is 1. The van der Waals surface area contributed by atoms with E-state index >= 15 is 0 Å². The maximum absolute atomic E-state index is 13.2. The Morgan fingerprint density at radius 2 is 1.62 bits per heavy atom. The Bertz CT molecular complexity index is 2120. The largest absolute Gasteiger partial charge is 0.481 e. The van der Waals surface area contributed by atoms with E-state index in [0.717, 1.165) is 77.1 Å². The molecule has 248 valence electrons. The molecule has 2 aromatic carbocycles. The van der Waals surface area contributed by atoms with Crippen LogP contribution in [0.15, 0.2) is 58.3 Å². The molecule has 1 spiro atoms. The van der Waals surface area contributed by atoms with Gasteiger partial charge in [-0.25, -0.2) is 9.78 Å². The molecule has 4 aromatic rings. The second-order valence-corrected chi connectivity index (χ2v) is 13.6. The first-order valence-corrected chi connectivity index (χ1v) is 16.3. The van der Waals surface area contributed by atoms with Crippen LogP contribution in [0.4, 0.5) is 5.69 Å². The van der Waals surface area contributed by atoms with Gasteiger partial charge in [0.2, 0.25) is 11.8 Å². The molecule has 2 saturated heterocycles. The van der Waals surface area contributed by atoms with Gasteiger partial charge in [0.05, 0.1) is 12.8 Å². The summed E-state index contributed by atoms with van der Waals surface area (Å²) in [5.74, 6) is 0.243. The summed E-state index contributed by atoms with van der Waals surface area (Å²) in [7, 11) is 4.55. The van der Waals surface area contributed by atoms with Crippen LogP contribution < -0.4 is 21.3 Å². The van der Waals surface area contributed by atoms with Crippen molar-refractivity contribution >= 4 is 17.5 Å². The number of fused-ring (bicyclic) bond motifs is 1. The molecule has 3 aliphatic rings. The zero-order valence-electron chi connectivity index (χ0n) is 28.2. The maximum Gasteiger partial charge on any atom is 0.330 e. The van der Waals surface area contributed by atoms with Crippen LogP contribution in [0.25, 0.3) is 22.4 Å². The van der Waals surface area contributed by atoms with E-state index in [9.17, 15) is 19.2 Å². The Kier molecular flexibility index (Phi) is 7.62. The van der Waals surface area contributed by atoms with E-state index in [1.165, 1.54) is 36.0 Å². The zero-order chi connectivity index (χ0) is 34.1. The van der Waals surface area contributed by atoms with Crippen molar-refractivity contribution in [2.24, 2.45) is 19.5 Å². The highest BCUT2D eigenvalue weighted by Gasteiger charge is 2.55. The van der Waals surface area contributed by atoms with Gasteiger partial charge in [0.25, 0.3) is 11.5 Å². The fourth-order valence-electron chi connectivity index (χ4n) is 7.88. The molecular formula is C37H40N6O5. The molecule has 48 heavy (non-hydrogen) atoms. The Morgan fingerprint density at radius 1 is 0.958 bits per heavy atom. The number of ether oxygens (including phenoxy) is 1. The number of carbonyl (C=O) groups is 2. The monoisotopic (exact) mass is 648 g/mol. The third kappa shape index (κ3) is 5.04. The molecule has 11 nitrogen and oxygen atoms in total.